The Hall–Kier alpha value is -2.56. The van der Waals surface area contributed by atoms with E-state index in [2.05, 4.69) is 0 Å². The van der Waals surface area contributed by atoms with Crippen molar-refractivity contribution in [2.45, 2.75) is 0 Å². The summed E-state index contributed by atoms with van der Waals surface area (Å²) in [5, 5.41) is 10.9. The Bertz CT molecular complexity index is 582. The lowest BCUT2D eigenvalue weighted by Gasteiger charge is -2.09. The number of nitrogens with zero attached hydrogens (tertiary/aromatic N) is 1. The summed E-state index contributed by atoms with van der Waals surface area (Å²) >= 11 is 0. The predicted molar refractivity (Wildman–Crippen MR) is 69.5 cm³/mol. The van der Waals surface area contributed by atoms with Crippen LogP contribution >= 0.6 is 0 Å². The zero-order chi connectivity index (χ0) is 13.1. The molecule has 0 aliphatic heterocycles. The van der Waals surface area contributed by atoms with E-state index in [1.54, 1.807) is 0 Å². The monoisotopic (exact) mass is 244 g/mol. The third-order valence-corrected chi connectivity index (χ3v) is 2.63. The van der Waals surface area contributed by atoms with Crippen molar-refractivity contribution in [3.8, 4) is 16.9 Å². The Balaban J connectivity index is 2.65. The van der Waals surface area contributed by atoms with Gasteiger partial charge in [0.15, 0.2) is 0 Å². The molecule has 0 saturated heterocycles. The number of hydrogen-bond donors (Lipinski definition) is 1. The van der Waals surface area contributed by atoms with E-state index in [9.17, 15) is 10.1 Å². The second kappa shape index (κ2) is 4.75. The predicted octanol–water partition coefficient (Wildman–Crippen LogP) is 2.85. The van der Waals surface area contributed by atoms with Gasteiger partial charge < -0.3 is 10.5 Å². The van der Waals surface area contributed by atoms with Gasteiger partial charge in [-0.05, 0) is 5.56 Å². The van der Waals surface area contributed by atoms with Gasteiger partial charge in [-0.3, -0.25) is 10.1 Å². The molecular weight excluding hydrogens is 232 g/mol. The summed E-state index contributed by atoms with van der Waals surface area (Å²) in [7, 11) is 1.51. The first-order valence-electron chi connectivity index (χ1n) is 5.31. The van der Waals surface area contributed by atoms with E-state index in [0.29, 0.717) is 11.3 Å². The molecule has 0 fully saturated rings. The van der Waals surface area contributed by atoms with Crippen LogP contribution in [0.25, 0.3) is 11.1 Å². The van der Waals surface area contributed by atoms with Gasteiger partial charge in [-0.15, -0.1) is 0 Å². The van der Waals surface area contributed by atoms with Gasteiger partial charge in [0.1, 0.15) is 11.4 Å². The lowest BCUT2D eigenvalue weighted by atomic mass is 10.0. The van der Waals surface area contributed by atoms with Crippen molar-refractivity contribution in [1.29, 1.82) is 0 Å². The van der Waals surface area contributed by atoms with Crippen molar-refractivity contribution >= 4 is 11.4 Å². The summed E-state index contributed by atoms with van der Waals surface area (Å²) in [6, 6.07) is 12.2. The number of anilines is 1. The van der Waals surface area contributed by atoms with Crippen LogP contribution < -0.4 is 10.5 Å². The molecule has 0 spiro atoms. The number of hydrogen-bond acceptors (Lipinski definition) is 4. The first-order chi connectivity index (χ1) is 8.63. The molecule has 2 aromatic carbocycles. The highest BCUT2D eigenvalue weighted by Gasteiger charge is 2.17. The third-order valence-electron chi connectivity index (χ3n) is 2.63. The average molecular weight is 244 g/mol. The molecule has 2 aromatic rings. The van der Waals surface area contributed by atoms with Gasteiger partial charge in [-0.1, -0.05) is 30.3 Å². The zero-order valence-corrected chi connectivity index (χ0v) is 9.79. The third kappa shape index (κ3) is 2.10. The lowest BCUT2D eigenvalue weighted by Crippen LogP contribution is -1.98. The maximum Gasteiger partial charge on any atom is 0.293 e. The van der Waals surface area contributed by atoms with Gasteiger partial charge >= 0.3 is 0 Å². The Kier molecular flexibility index (Phi) is 3.14. The molecule has 92 valence electrons. The zero-order valence-electron chi connectivity index (χ0n) is 9.79. The van der Waals surface area contributed by atoms with Crippen LogP contribution in [-0.2, 0) is 0 Å². The molecule has 18 heavy (non-hydrogen) atoms. The molecule has 0 aliphatic rings. The van der Waals surface area contributed by atoms with E-state index in [1.165, 1.54) is 19.2 Å². The minimum Gasteiger partial charge on any atom is -0.496 e. The van der Waals surface area contributed by atoms with Crippen molar-refractivity contribution in [3.63, 3.8) is 0 Å². The van der Waals surface area contributed by atoms with E-state index in [0.717, 1.165) is 5.56 Å². The molecule has 0 amide bonds. The van der Waals surface area contributed by atoms with Gasteiger partial charge in [-0.2, -0.15) is 0 Å². The number of nitro benzene ring substituents is 1. The maximum absolute atomic E-state index is 10.9. The summed E-state index contributed by atoms with van der Waals surface area (Å²) in [5.74, 6) is 0.518. The number of ether oxygens (including phenoxy) is 1. The normalized spacial score (nSPS) is 10.1. The van der Waals surface area contributed by atoms with Crippen LogP contribution in [0.1, 0.15) is 0 Å². The first-order valence-corrected chi connectivity index (χ1v) is 5.31. The highest BCUT2D eigenvalue weighted by Crippen LogP contribution is 2.37. The molecule has 0 bridgehead atoms. The summed E-state index contributed by atoms with van der Waals surface area (Å²) in [6.07, 6.45) is 0. The van der Waals surface area contributed by atoms with Crippen LogP contribution in [-0.4, -0.2) is 12.0 Å². The van der Waals surface area contributed by atoms with Crippen LogP contribution in [0, 0.1) is 10.1 Å². The molecule has 0 radical (unpaired) electrons. The standard InChI is InChI=1S/C13H12N2O3/c1-18-13-8-11(14)12(15(16)17)7-10(13)9-5-3-2-4-6-9/h2-8H,14H2,1H3. The lowest BCUT2D eigenvalue weighted by molar-refractivity contribution is -0.383. The number of nitrogen functional groups attached to an aromatic ring is 1. The van der Waals surface area contributed by atoms with Gasteiger partial charge in [0, 0.05) is 17.7 Å². The minimum absolute atomic E-state index is 0.0940. The molecule has 0 aromatic heterocycles. The highest BCUT2D eigenvalue weighted by atomic mass is 16.6. The average Bonchev–Trinajstić information content (AvgIpc) is 2.39. The van der Waals surface area contributed by atoms with Gasteiger partial charge in [0.25, 0.3) is 5.69 Å². The molecule has 0 atom stereocenters. The number of nitrogens with two attached hydrogens (primary N) is 1. The first kappa shape index (κ1) is 11.9. The van der Waals surface area contributed by atoms with E-state index >= 15 is 0 Å². The number of benzene rings is 2. The fraction of sp³-hybridized carbons (Fsp3) is 0.0769. The second-order valence-corrected chi connectivity index (χ2v) is 3.73. The second-order valence-electron chi connectivity index (χ2n) is 3.73. The van der Waals surface area contributed by atoms with Gasteiger partial charge in [0.05, 0.1) is 12.0 Å². The minimum atomic E-state index is -0.499. The van der Waals surface area contributed by atoms with E-state index in [4.69, 9.17) is 10.5 Å². The summed E-state index contributed by atoms with van der Waals surface area (Å²) < 4.78 is 5.21. The van der Waals surface area contributed by atoms with Crippen molar-refractivity contribution in [2.24, 2.45) is 0 Å². The fourth-order valence-corrected chi connectivity index (χ4v) is 1.75. The molecule has 5 nitrogen and oxygen atoms in total. The van der Waals surface area contributed by atoms with E-state index in [-0.39, 0.29) is 11.4 Å². The molecule has 5 heteroatoms. The molecule has 0 saturated carbocycles. The van der Waals surface area contributed by atoms with Crippen molar-refractivity contribution in [1.82, 2.24) is 0 Å². The van der Waals surface area contributed by atoms with Crippen molar-refractivity contribution < 1.29 is 9.66 Å². The number of nitro groups is 1. The summed E-state index contributed by atoms with van der Waals surface area (Å²) in [4.78, 5) is 10.4. The van der Waals surface area contributed by atoms with Gasteiger partial charge in [0.2, 0.25) is 0 Å². The fourth-order valence-electron chi connectivity index (χ4n) is 1.75. The quantitative estimate of drug-likeness (QED) is 0.511. The number of methoxy groups -OCH3 is 1. The topological polar surface area (TPSA) is 78.4 Å². The van der Waals surface area contributed by atoms with Crippen LogP contribution in [0.15, 0.2) is 42.5 Å². The molecule has 0 aliphatic carbocycles. The molecule has 2 rings (SSSR count). The number of rotatable bonds is 3. The Morgan fingerprint density at radius 2 is 1.89 bits per heavy atom. The summed E-state index contributed by atoms with van der Waals surface area (Å²) in [6.45, 7) is 0. The van der Waals surface area contributed by atoms with Gasteiger partial charge in [-0.25, -0.2) is 0 Å². The highest BCUT2D eigenvalue weighted by molar-refractivity contribution is 5.78. The Labute approximate surface area is 104 Å². The SMILES string of the molecule is COc1cc(N)c([N+](=O)[O-])cc1-c1ccccc1. The Morgan fingerprint density at radius 3 is 2.44 bits per heavy atom. The largest absolute Gasteiger partial charge is 0.496 e. The van der Waals surface area contributed by atoms with Crippen molar-refractivity contribution in [3.05, 3.63) is 52.6 Å². The van der Waals surface area contributed by atoms with Crippen molar-refractivity contribution in [2.75, 3.05) is 12.8 Å². The van der Waals surface area contributed by atoms with Crippen LogP contribution in [0.3, 0.4) is 0 Å². The maximum atomic E-state index is 10.9. The molecular formula is C13H12N2O3. The Morgan fingerprint density at radius 1 is 1.22 bits per heavy atom. The molecule has 0 unspecified atom stereocenters. The van der Waals surface area contributed by atoms with Crippen LogP contribution in [0.2, 0.25) is 0 Å². The summed E-state index contributed by atoms with van der Waals surface area (Å²) in [5.41, 5.74) is 7.10. The van der Waals surface area contributed by atoms with E-state index in [1.807, 2.05) is 30.3 Å². The molecule has 2 N–H and O–H groups in total. The van der Waals surface area contributed by atoms with Crippen LogP contribution in [0.5, 0.6) is 5.75 Å². The smallest absolute Gasteiger partial charge is 0.293 e. The van der Waals surface area contributed by atoms with E-state index < -0.39 is 4.92 Å². The van der Waals surface area contributed by atoms with Crippen LogP contribution in [0.4, 0.5) is 11.4 Å². The molecule has 0 heterocycles.